The standard InChI is InChI=1S/C24H21N3O3/c1-15-12-23(30)26-27-24(15)20-4-2-3-5-21(20)25-14-16-6-8-17(9-7-16)19-11-10-18(28)13-22(19)29/h2-11,13-15,28-29H,12H2,1H3,(H,26,30). The van der Waals surface area contributed by atoms with Gasteiger partial charge < -0.3 is 10.2 Å². The molecule has 0 bridgehead atoms. The fourth-order valence-corrected chi connectivity index (χ4v) is 3.44. The molecule has 1 heterocycles. The van der Waals surface area contributed by atoms with Gasteiger partial charge in [-0.3, -0.25) is 9.79 Å². The van der Waals surface area contributed by atoms with Crippen LogP contribution in [0.3, 0.4) is 0 Å². The molecule has 1 amide bonds. The third kappa shape index (κ3) is 4.07. The molecule has 3 aromatic carbocycles. The smallest absolute Gasteiger partial charge is 0.240 e. The Balaban J connectivity index is 1.58. The van der Waals surface area contributed by atoms with Crippen molar-refractivity contribution in [1.82, 2.24) is 5.43 Å². The molecule has 1 unspecified atom stereocenters. The lowest BCUT2D eigenvalue weighted by Crippen LogP contribution is -2.32. The van der Waals surface area contributed by atoms with Crippen molar-refractivity contribution in [2.45, 2.75) is 13.3 Å². The molecule has 6 heteroatoms. The van der Waals surface area contributed by atoms with Gasteiger partial charge in [-0.05, 0) is 29.3 Å². The Labute approximate surface area is 174 Å². The average Bonchev–Trinajstić information content (AvgIpc) is 2.73. The van der Waals surface area contributed by atoms with Gasteiger partial charge in [0.05, 0.1) is 11.4 Å². The molecule has 3 aromatic rings. The number of aromatic hydroxyl groups is 2. The number of para-hydroxylation sites is 1. The normalized spacial score (nSPS) is 16.4. The van der Waals surface area contributed by atoms with Crippen molar-refractivity contribution in [3.05, 3.63) is 77.9 Å². The van der Waals surface area contributed by atoms with Crippen LogP contribution in [-0.2, 0) is 4.79 Å². The van der Waals surface area contributed by atoms with E-state index < -0.39 is 0 Å². The van der Waals surface area contributed by atoms with Crippen LogP contribution in [0.1, 0.15) is 24.5 Å². The first-order valence-corrected chi connectivity index (χ1v) is 9.63. The second kappa shape index (κ2) is 8.21. The molecule has 30 heavy (non-hydrogen) atoms. The molecular weight excluding hydrogens is 378 g/mol. The van der Waals surface area contributed by atoms with Gasteiger partial charge >= 0.3 is 0 Å². The number of hydrogen-bond acceptors (Lipinski definition) is 5. The summed E-state index contributed by atoms with van der Waals surface area (Å²) in [7, 11) is 0. The van der Waals surface area contributed by atoms with Crippen molar-refractivity contribution in [3.8, 4) is 22.6 Å². The number of benzene rings is 3. The molecule has 1 aliphatic rings. The zero-order chi connectivity index (χ0) is 21.1. The summed E-state index contributed by atoms with van der Waals surface area (Å²) in [6.45, 7) is 1.98. The Kier molecular flexibility index (Phi) is 5.30. The third-order valence-electron chi connectivity index (χ3n) is 5.00. The van der Waals surface area contributed by atoms with Crippen LogP contribution in [0.15, 0.2) is 76.8 Å². The highest BCUT2D eigenvalue weighted by Gasteiger charge is 2.23. The summed E-state index contributed by atoms with van der Waals surface area (Å²) in [5.41, 5.74) is 7.43. The first-order chi connectivity index (χ1) is 14.5. The Bertz CT molecular complexity index is 1150. The fourth-order valence-electron chi connectivity index (χ4n) is 3.44. The van der Waals surface area contributed by atoms with Crippen molar-refractivity contribution >= 4 is 23.5 Å². The predicted molar refractivity (Wildman–Crippen MR) is 117 cm³/mol. The van der Waals surface area contributed by atoms with E-state index in [0.29, 0.717) is 12.0 Å². The largest absolute Gasteiger partial charge is 0.508 e. The number of amides is 1. The van der Waals surface area contributed by atoms with Crippen LogP contribution in [0.2, 0.25) is 0 Å². The highest BCUT2D eigenvalue weighted by molar-refractivity contribution is 6.09. The number of nitrogens with zero attached hydrogens (tertiary/aromatic N) is 2. The Morgan fingerprint density at radius 3 is 2.53 bits per heavy atom. The minimum atomic E-state index is -0.0769. The Morgan fingerprint density at radius 1 is 1.03 bits per heavy atom. The van der Waals surface area contributed by atoms with Crippen molar-refractivity contribution in [1.29, 1.82) is 0 Å². The van der Waals surface area contributed by atoms with Gasteiger partial charge in [0.1, 0.15) is 11.5 Å². The summed E-state index contributed by atoms with van der Waals surface area (Å²) in [6, 6.07) is 19.9. The molecule has 0 fully saturated rings. The first kappa shape index (κ1) is 19.4. The topological polar surface area (TPSA) is 94.3 Å². The van der Waals surface area contributed by atoms with Gasteiger partial charge in [-0.15, -0.1) is 0 Å². The van der Waals surface area contributed by atoms with Crippen LogP contribution in [0, 0.1) is 5.92 Å². The average molecular weight is 399 g/mol. The summed E-state index contributed by atoms with van der Waals surface area (Å²) in [4.78, 5) is 16.2. The lowest BCUT2D eigenvalue weighted by molar-refractivity contribution is -0.121. The molecular formula is C24H21N3O3. The zero-order valence-corrected chi connectivity index (χ0v) is 16.4. The Hall–Kier alpha value is -3.93. The van der Waals surface area contributed by atoms with Crippen LogP contribution in [0.5, 0.6) is 11.5 Å². The molecule has 0 radical (unpaired) electrons. The quantitative estimate of drug-likeness (QED) is 0.569. The third-order valence-corrected chi connectivity index (χ3v) is 5.00. The van der Waals surface area contributed by atoms with Gasteiger partial charge in [0.2, 0.25) is 5.91 Å². The minimum absolute atomic E-state index is 0.0207. The maximum Gasteiger partial charge on any atom is 0.240 e. The van der Waals surface area contributed by atoms with E-state index in [2.05, 4.69) is 15.5 Å². The van der Waals surface area contributed by atoms with E-state index in [9.17, 15) is 15.0 Å². The van der Waals surface area contributed by atoms with Gasteiger partial charge in [0.15, 0.2) is 0 Å². The number of hydrazone groups is 1. The van der Waals surface area contributed by atoms with Crippen LogP contribution in [0.4, 0.5) is 5.69 Å². The van der Waals surface area contributed by atoms with E-state index in [1.807, 2.05) is 55.5 Å². The van der Waals surface area contributed by atoms with E-state index in [0.717, 1.165) is 28.1 Å². The lowest BCUT2D eigenvalue weighted by Gasteiger charge is -2.20. The molecule has 0 saturated heterocycles. The number of aliphatic imine (C=N–C) groups is 1. The van der Waals surface area contributed by atoms with Crippen molar-refractivity contribution in [2.75, 3.05) is 0 Å². The molecule has 4 rings (SSSR count). The number of hydrogen-bond donors (Lipinski definition) is 3. The summed E-state index contributed by atoms with van der Waals surface area (Å²) < 4.78 is 0. The SMILES string of the molecule is CC1CC(=O)NN=C1c1ccccc1N=Cc1ccc(-c2ccc(O)cc2O)cc1. The van der Waals surface area contributed by atoms with Gasteiger partial charge in [-0.1, -0.05) is 49.4 Å². The minimum Gasteiger partial charge on any atom is -0.508 e. The van der Waals surface area contributed by atoms with Crippen LogP contribution >= 0.6 is 0 Å². The molecule has 0 aromatic heterocycles. The van der Waals surface area contributed by atoms with Crippen molar-refractivity contribution in [2.24, 2.45) is 16.0 Å². The number of phenols is 2. The monoisotopic (exact) mass is 399 g/mol. The highest BCUT2D eigenvalue weighted by atomic mass is 16.3. The Morgan fingerprint density at radius 2 is 1.80 bits per heavy atom. The van der Waals surface area contributed by atoms with Crippen molar-refractivity contribution < 1.29 is 15.0 Å². The lowest BCUT2D eigenvalue weighted by atomic mass is 9.93. The summed E-state index contributed by atoms with van der Waals surface area (Å²) >= 11 is 0. The number of phenolic OH excluding ortho intramolecular Hbond substituents is 2. The van der Waals surface area contributed by atoms with Crippen LogP contribution in [-0.4, -0.2) is 28.0 Å². The van der Waals surface area contributed by atoms with Gasteiger partial charge in [-0.25, -0.2) is 5.43 Å². The fraction of sp³-hybridized carbons (Fsp3) is 0.125. The van der Waals surface area contributed by atoms with E-state index in [4.69, 9.17) is 0 Å². The predicted octanol–water partition coefficient (Wildman–Crippen LogP) is 4.38. The maximum atomic E-state index is 11.5. The van der Waals surface area contributed by atoms with Crippen molar-refractivity contribution in [3.63, 3.8) is 0 Å². The molecule has 0 spiro atoms. The van der Waals surface area contributed by atoms with Gasteiger partial charge in [-0.2, -0.15) is 5.10 Å². The van der Waals surface area contributed by atoms with Crippen LogP contribution < -0.4 is 5.43 Å². The van der Waals surface area contributed by atoms with Gasteiger partial charge in [0, 0.05) is 35.7 Å². The summed E-state index contributed by atoms with van der Waals surface area (Å²) in [6.07, 6.45) is 2.17. The molecule has 0 aliphatic carbocycles. The molecule has 0 saturated carbocycles. The first-order valence-electron chi connectivity index (χ1n) is 9.63. The van der Waals surface area contributed by atoms with Gasteiger partial charge in [0.25, 0.3) is 0 Å². The van der Waals surface area contributed by atoms with Crippen LogP contribution in [0.25, 0.3) is 11.1 Å². The van der Waals surface area contributed by atoms with E-state index in [1.165, 1.54) is 6.07 Å². The summed E-state index contributed by atoms with van der Waals surface area (Å²) in [5, 5.41) is 23.7. The molecule has 1 atom stereocenters. The van der Waals surface area contributed by atoms with E-state index in [1.54, 1.807) is 18.3 Å². The molecule has 150 valence electrons. The summed E-state index contributed by atoms with van der Waals surface area (Å²) in [5.74, 6) is -0.00528. The second-order valence-corrected chi connectivity index (χ2v) is 7.24. The zero-order valence-electron chi connectivity index (χ0n) is 16.4. The highest BCUT2D eigenvalue weighted by Crippen LogP contribution is 2.32. The second-order valence-electron chi connectivity index (χ2n) is 7.24. The number of carbonyl (C=O) groups is 1. The molecule has 1 aliphatic heterocycles. The van der Waals surface area contributed by atoms with E-state index >= 15 is 0 Å². The van der Waals surface area contributed by atoms with E-state index in [-0.39, 0.29) is 23.3 Å². The number of carbonyl (C=O) groups excluding carboxylic acids is 1. The molecule has 6 nitrogen and oxygen atoms in total. The maximum absolute atomic E-state index is 11.5. The number of nitrogens with one attached hydrogen (secondary N) is 1. The molecule has 3 N–H and O–H groups in total. The number of rotatable bonds is 4.